The first kappa shape index (κ1) is 13.1. The smallest absolute Gasteiger partial charge is 0.312 e. The minimum atomic E-state index is -3.85. The van der Waals surface area contributed by atoms with E-state index in [4.69, 9.17) is 0 Å². The SMILES string of the molecule is CC1CC=CCC1COC(F)(F)C(=O)NN. The highest BCUT2D eigenvalue weighted by molar-refractivity contribution is 5.81. The Labute approximate surface area is 92.8 Å². The average Bonchev–Trinajstić information content (AvgIpc) is 2.27. The minimum absolute atomic E-state index is 0.0152. The Morgan fingerprint density at radius 1 is 1.56 bits per heavy atom. The predicted octanol–water partition coefficient (Wildman–Crippen LogP) is 1.19. The van der Waals surface area contributed by atoms with Gasteiger partial charge in [-0.2, -0.15) is 8.78 Å². The van der Waals surface area contributed by atoms with Crippen molar-refractivity contribution in [3.8, 4) is 0 Å². The summed E-state index contributed by atoms with van der Waals surface area (Å²) >= 11 is 0. The molecule has 16 heavy (non-hydrogen) atoms. The van der Waals surface area contributed by atoms with Crippen molar-refractivity contribution in [2.24, 2.45) is 17.7 Å². The van der Waals surface area contributed by atoms with Gasteiger partial charge in [0.15, 0.2) is 0 Å². The van der Waals surface area contributed by atoms with E-state index >= 15 is 0 Å². The number of carbonyl (C=O) groups excluding carboxylic acids is 1. The summed E-state index contributed by atoms with van der Waals surface area (Å²) in [6.07, 6.45) is 1.65. The number of hydrogen-bond acceptors (Lipinski definition) is 3. The van der Waals surface area contributed by atoms with E-state index < -0.39 is 12.0 Å². The van der Waals surface area contributed by atoms with Gasteiger partial charge >= 0.3 is 12.0 Å². The first-order valence-electron chi connectivity index (χ1n) is 5.15. The van der Waals surface area contributed by atoms with Crippen LogP contribution in [-0.2, 0) is 9.53 Å². The highest BCUT2D eigenvalue weighted by atomic mass is 19.3. The monoisotopic (exact) mass is 234 g/mol. The number of allylic oxidation sites excluding steroid dienone is 2. The molecule has 1 amide bonds. The number of hydrogen-bond donors (Lipinski definition) is 2. The van der Waals surface area contributed by atoms with Gasteiger partial charge in [-0.3, -0.25) is 10.2 Å². The van der Waals surface area contributed by atoms with Crippen LogP contribution in [0, 0.1) is 11.8 Å². The largest absolute Gasteiger partial charge is 0.437 e. The van der Waals surface area contributed by atoms with Crippen molar-refractivity contribution >= 4 is 5.91 Å². The number of alkyl halides is 2. The summed E-state index contributed by atoms with van der Waals surface area (Å²) in [4.78, 5) is 10.7. The Hall–Kier alpha value is -1.01. The maximum Gasteiger partial charge on any atom is 0.437 e. The van der Waals surface area contributed by atoms with Crippen molar-refractivity contribution in [3.05, 3.63) is 12.2 Å². The fourth-order valence-electron chi connectivity index (χ4n) is 1.60. The molecule has 0 bridgehead atoms. The fraction of sp³-hybridized carbons (Fsp3) is 0.700. The number of carbonyl (C=O) groups is 1. The number of amides is 1. The molecular formula is C10H16F2N2O2. The molecule has 0 aromatic heterocycles. The van der Waals surface area contributed by atoms with Crippen LogP contribution in [0.3, 0.4) is 0 Å². The van der Waals surface area contributed by atoms with Gasteiger partial charge < -0.3 is 4.74 Å². The third kappa shape index (κ3) is 3.24. The van der Waals surface area contributed by atoms with Crippen LogP contribution in [0.15, 0.2) is 12.2 Å². The molecule has 1 aliphatic rings. The summed E-state index contributed by atoms with van der Waals surface area (Å²) in [6.45, 7) is 1.82. The third-order valence-corrected chi connectivity index (χ3v) is 2.79. The average molecular weight is 234 g/mol. The molecule has 0 aromatic rings. The topological polar surface area (TPSA) is 64.3 Å². The van der Waals surface area contributed by atoms with Crippen molar-refractivity contribution < 1.29 is 18.3 Å². The molecule has 0 spiro atoms. The zero-order valence-electron chi connectivity index (χ0n) is 9.08. The molecule has 0 saturated carbocycles. The van der Waals surface area contributed by atoms with Gasteiger partial charge in [0.25, 0.3) is 0 Å². The lowest BCUT2D eigenvalue weighted by Gasteiger charge is -2.26. The number of nitrogens with one attached hydrogen (secondary N) is 1. The molecule has 4 nitrogen and oxygen atoms in total. The van der Waals surface area contributed by atoms with Crippen LogP contribution in [0.4, 0.5) is 8.78 Å². The van der Waals surface area contributed by atoms with Gasteiger partial charge in [-0.05, 0) is 24.7 Å². The van der Waals surface area contributed by atoms with E-state index in [0.717, 1.165) is 6.42 Å². The summed E-state index contributed by atoms with van der Waals surface area (Å²) in [5, 5.41) is 0. The van der Waals surface area contributed by atoms with Crippen LogP contribution in [0.5, 0.6) is 0 Å². The van der Waals surface area contributed by atoms with Gasteiger partial charge in [0.1, 0.15) is 0 Å². The second kappa shape index (κ2) is 5.36. The van der Waals surface area contributed by atoms with E-state index in [-0.39, 0.29) is 18.4 Å². The van der Waals surface area contributed by atoms with Crippen LogP contribution >= 0.6 is 0 Å². The highest BCUT2D eigenvalue weighted by Gasteiger charge is 2.40. The van der Waals surface area contributed by atoms with Gasteiger partial charge in [-0.1, -0.05) is 19.1 Å². The number of rotatable bonds is 4. The van der Waals surface area contributed by atoms with Crippen LogP contribution in [0.2, 0.25) is 0 Å². The van der Waals surface area contributed by atoms with E-state index in [1.54, 1.807) is 0 Å². The van der Waals surface area contributed by atoms with Crippen LogP contribution < -0.4 is 11.3 Å². The lowest BCUT2D eigenvalue weighted by atomic mass is 9.85. The Balaban J connectivity index is 2.44. The Bertz CT molecular complexity index is 282. The van der Waals surface area contributed by atoms with Gasteiger partial charge in [0, 0.05) is 0 Å². The molecule has 92 valence electrons. The van der Waals surface area contributed by atoms with E-state index in [9.17, 15) is 13.6 Å². The van der Waals surface area contributed by atoms with Crippen molar-refractivity contribution in [3.63, 3.8) is 0 Å². The second-order valence-corrected chi connectivity index (χ2v) is 3.98. The predicted molar refractivity (Wildman–Crippen MR) is 54.3 cm³/mol. The molecular weight excluding hydrogens is 218 g/mol. The van der Waals surface area contributed by atoms with Gasteiger partial charge in [0.2, 0.25) is 0 Å². The first-order valence-corrected chi connectivity index (χ1v) is 5.15. The number of halogens is 2. The van der Waals surface area contributed by atoms with Crippen molar-refractivity contribution in [1.82, 2.24) is 5.43 Å². The maximum absolute atomic E-state index is 13.0. The summed E-state index contributed by atoms with van der Waals surface area (Å²) in [7, 11) is 0. The van der Waals surface area contributed by atoms with Crippen LogP contribution in [0.1, 0.15) is 19.8 Å². The quantitative estimate of drug-likeness (QED) is 0.332. The summed E-state index contributed by atoms with van der Waals surface area (Å²) < 4.78 is 30.3. The van der Waals surface area contributed by atoms with E-state index in [0.29, 0.717) is 6.42 Å². The summed E-state index contributed by atoms with van der Waals surface area (Å²) in [6, 6.07) is 0. The Morgan fingerprint density at radius 3 is 2.75 bits per heavy atom. The normalized spacial score (nSPS) is 25.5. The number of hydrazine groups is 1. The third-order valence-electron chi connectivity index (χ3n) is 2.79. The molecule has 0 radical (unpaired) electrons. The Morgan fingerprint density at radius 2 is 2.19 bits per heavy atom. The summed E-state index contributed by atoms with van der Waals surface area (Å²) in [5.41, 5.74) is 1.38. The van der Waals surface area contributed by atoms with E-state index in [1.807, 2.05) is 19.1 Å². The van der Waals surface area contributed by atoms with Crippen molar-refractivity contribution in [1.29, 1.82) is 0 Å². The molecule has 1 rings (SSSR count). The van der Waals surface area contributed by atoms with Crippen LogP contribution in [0.25, 0.3) is 0 Å². The standard InChI is InChI=1S/C10H16F2N2O2/c1-7-4-2-3-5-8(7)6-16-10(11,12)9(15)14-13/h2-3,7-8H,4-6,13H2,1H3,(H,14,15). The van der Waals surface area contributed by atoms with Crippen molar-refractivity contribution in [2.45, 2.75) is 25.9 Å². The van der Waals surface area contributed by atoms with E-state index in [2.05, 4.69) is 10.6 Å². The molecule has 0 fully saturated rings. The van der Waals surface area contributed by atoms with Crippen LogP contribution in [-0.4, -0.2) is 18.6 Å². The number of ether oxygens (including phenoxy) is 1. The zero-order chi connectivity index (χ0) is 12.2. The van der Waals surface area contributed by atoms with Gasteiger partial charge in [-0.15, -0.1) is 0 Å². The minimum Gasteiger partial charge on any atom is -0.312 e. The fourth-order valence-corrected chi connectivity index (χ4v) is 1.60. The molecule has 1 aliphatic carbocycles. The molecule has 2 unspecified atom stereocenters. The van der Waals surface area contributed by atoms with Gasteiger partial charge in [-0.25, -0.2) is 5.84 Å². The number of nitrogens with two attached hydrogens (primary N) is 1. The van der Waals surface area contributed by atoms with Crippen molar-refractivity contribution in [2.75, 3.05) is 6.61 Å². The Kier molecular flexibility index (Phi) is 4.37. The van der Waals surface area contributed by atoms with Gasteiger partial charge in [0.05, 0.1) is 6.61 Å². The molecule has 0 saturated heterocycles. The lowest BCUT2D eigenvalue weighted by molar-refractivity contribution is -0.236. The molecule has 6 heteroatoms. The second-order valence-electron chi connectivity index (χ2n) is 3.98. The maximum atomic E-state index is 13.0. The first-order chi connectivity index (χ1) is 7.47. The van der Waals surface area contributed by atoms with E-state index in [1.165, 1.54) is 5.43 Å². The lowest BCUT2D eigenvalue weighted by Crippen LogP contribution is -2.46. The molecule has 0 aliphatic heterocycles. The molecule has 2 atom stereocenters. The highest BCUT2D eigenvalue weighted by Crippen LogP contribution is 2.27. The molecule has 0 heterocycles. The summed E-state index contributed by atoms with van der Waals surface area (Å²) in [5.74, 6) is 3.30. The molecule has 0 aromatic carbocycles. The zero-order valence-corrected chi connectivity index (χ0v) is 9.08. The molecule has 3 N–H and O–H groups in total.